The molecule has 1 heterocycles. The van der Waals surface area contributed by atoms with E-state index in [1.165, 1.54) is 6.92 Å². The van der Waals surface area contributed by atoms with Gasteiger partial charge in [0.2, 0.25) is 10.9 Å². The first kappa shape index (κ1) is 25.8. The van der Waals surface area contributed by atoms with Crippen LogP contribution in [0.4, 0.5) is 4.79 Å². The van der Waals surface area contributed by atoms with Gasteiger partial charge in [-0.3, -0.25) is 14.5 Å². The van der Waals surface area contributed by atoms with Crippen molar-refractivity contribution in [2.24, 2.45) is 0 Å². The zero-order valence-corrected chi connectivity index (χ0v) is 20.0. The Bertz CT molecular complexity index is 910. The number of halogens is 1. The molecule has 3 atom stereocenters. The van der Waals surface area contributed by atoms with Crippen LogP contribution in [0.5, 0.6) is 0 Å². The van der Waals surface area contributed by atoms with Crippen LogP contribution in [-0.2, 0) is 35.8 Å². The molecule has 11 heteroatoms. The molecule has 1 aromatic rings. The molecule has 3 unspecified atom stereocenters. The van der Waals surface area contributed by atoms with E-state index >= 15 is 0 Å². The van der Waals surface area contributed by atoms with Gasteiger partial charge in [0.25, 0.3) is 0 Å². The summed E-state index contributed by atoms with van der Waals surface area (Å²) in [5.74, 6) is -1.30. The Hall–Kier alpha value is -2.43. The van der Waals surface area contributed by atoms with Crippen LogP contribution in [0.2, 0.25) is 0 Å². The average Bonchev–Trinajstić information content (AvgIpc) is 2.71. The number of rotatable bonds is 10. The second kappa shape index (κ2) is 10.5. The van der Waals surface area contributed by atoms with Crippen molar-refractivity contribution in [3.63, 3.8) is 0 Å². The molecule has 1 aromatic carbocycles. The lowest BCUT2D eigenvalue weighted by atomic mass is 9.99. The maximum Gasteiger partial charge on any atom is 0.341 e. The van der Waals surface area contributed by atoms with Crippen molar-refractivity contribution >= 4 is 38.6 Å². The molecule has 0 radical (unpaired) electrons. The molecule has 2 N–H and O–H groups in total. The number of ether oxygens (including phenoxy) is 1. The van der Waals surface area contributed by atoms with Gasteiger partial charge in [0.05, 0.1) is 13.0 Å². The number of nitrogens with one attached hydrogen (secondary N) is 2. The minimum atomic E-state index is -2.27. The van der Waals surface area contributed by atoms with E-state index in [4.69, 9.17) is 20.3 Å². The van der Waals surface area contributed by atoms with Crippen LogP contribution in [0, 0.1) is 0 Å². The maximum atomic E-state index is 12.9. The largest absolute Gasteiger partial charge is 0.458 e. The fraction of sp³-hybridized carbons (Fsp3) is 0.476. The van der Waals surface area contributed by atoms with E-state index in [-0.39, 0.29) is 18.6 Å². The lowest BCUT2D eigenvalue weighted by molar-refractivity contribution is -0.174. The summed E-state index contributed by atoms with van der Waals surface area (Å²) in [5.41, 5.74) is 2.46. The summed E-state index contributed by atoms with van der Waals surface area (Å²) in [6, 6.07) is 6.93. The van der Waals surface area contributed by atoms with Crippen molar-refractivity contribution in [1.29, 1.82) is 0 Å². The zero-order valence-electron chi connectivity index (χ0n) is 18.5. The third kappa shape index (κ3) is 5.87. The Labute approximate surface area is 194 Å². The Balaban J connectivity index is 2.16. The standard InChI is InChI=1S/C21H28ClN3O6S/c1-6-20(4,5)31-18(27)17(14(2)3)25-16(26)12-21(25,32(22)29)23-19(28)24-30-13-15-10-8-7-9-11-15/h7-11,17H,2,6,12-13H2,1,3-5H3,(H2,23,24,28). The van der Waals surface area contributed by atoms with Crippen molar-refractivity contribution < 1.29 is 28.2 Å². The average molecular weight is 486 g/mol. The molecule has 0 bridgehead atoms. The number of hydrogen-bond acceptors (Lipinski definition) is 6. The molecule has 0 saturated carbocycles. The molecule has 1 fully saturated rings. The summed E-state index contributed by atoms with van der Waals surface area (Å²) >= 11 is 0. The van der Waals surface area contributed by atoms with E-state index in [9.17, 15) is 18.6 Å². The lowest BCUT2D eigenvalue weighted by Gasteiger charge is -2.52. The highest BCUT2D eigenvalue weighted by atomic mass is 35.7. The number of urea groups is 1. The van der Waals surface area contributed by atoms with Crippen LogP contribution in [-0.4, -0.2) is 43.7 Å². The smallest absolute Gasteiger partial charge is 0.341 e. The van der Waals surface area contributed by atoms with Crippen molar-refractivity contribution in [2.75, 3.05) is 0 Å². The van der Waals surface area contributed by atoms with Crippen LogP contribution in [0.25, 0.3) is 0 Å². The third-order valence-electron chi connectivity index (χ3n) is 5.05. The maximum absolute atomic E-state index is 12.9. The van der Waals surface area contributed by atoms with Gasteiger partial charge < -0.3 is 10.1 Å². The van der Waals surface area contributed by atoms with Gasteiger partial charge in [0.15, 0.2) is 16.1 Å². The van der Waals surface area contributed by atoms with E-state index in [2.05, 4.69) is 17.4 Å². The number of carbonyl (C=O) groups is 3. The Morgan fingerprint density at radius 2 is 1.97 bits per heavy atom. The number of esters is 1. The summed E-state index contributed by atoms with van der Waals surface area (Å²) in [5, 5.41) is 2.41. The molecule has 1 aliphatic rings. The van der Waals surface area contributed by atoms with Gasteiger partial charge >= 0.3 is 12.0 Å². The fourth-order valence-corrected chi connectivity index (χ4v) is 4.28. The SMILES string of the molecule is C=C(C)C(C(=O)OC(C)(C)CC)N1C(=O)CC1(NC(=O)NOCc1ccccc1)S(=O)Cl. The molecule has 2 rings (SSSR count). The number of hydroxylamine groups is 1. The van der Waals surface area contributed by atoms with Gasteiger partial charge in [-0.25, -0.2) is 19.3 Å². The van der Waals surface area contributed by atoms with Crippen LogP contribution < -0.4 is 10.8 Å². The lowest BCUT2D eigenvalue weighted by Crippen LogP contribution is -2.77. The molecule has 1 aliphatic heterocycles. The number of amides is 3. The van der Waals surface area contributed by atoms with Gasteiger partial charge in [0, 0.05) is 0 Å². The molecule has 0 aliphatic carbocycles. The number of likely N-dealkylation sites (tertiary alicyclic amines) is 1. The molecular weight excluding hydrogens is 458 g/mol. The van der Waals surface area contributed by atoms with Gasteiger partial charge in [0.1, 0.15) is 5.60 Å². The Morgan fingerprint density at radius 3 is 2.47 bits per heavy atom. The minimum Gasteiger partial charge on any atom is -0.458 e. The van der Waals surface area contributed by atoms with E-state index < -0.39 is 44.6 Å². The number of benzene rings is 1. The minimum absolute atomic E-state index is 0.0840. The monoisotopic (exact) mass is 485 g/mol. The highest BCUT2D eigenvalue weighted by Crippen LogP contribution is 2.39. The normalized spacial score (nSPS) is 20.0. The first-order valence-electron chi connectivity index (χ1n) is 9.96. The van der Waals surface area contributed by atoms with Gasteiger partial charge in [-0.2, -0.15) is 0 Å². The molecule has 1 saturated heterocycles. The summed E-state index contributed by atoms with van der Waals surface area (Å²) < 4.78 is 18.0. The van der Waals surface area contributed by atoms with Crippen LogP contribution in [0.1, 0.15) is 46.1 Å². The van der Waals surface area contributed by atoms with E-state index in [0.717, 1.165) is 10.5 Å². The van der Waals surface area contributed by atoms with Crippen molar-refractivity contribution in [3.05, 3.63) is 48.0 Å². The highest BCUT2D eigenvalue weighted by molar-refractivity contribution is 8.09. The van der Waals surface area contributed by atoms with Crippen molar-refractivity contribution in [3.8, 4) is 0 Å². The molecule has 176 valence electrons. The molecule has 9 nitrogen and oxygen atoms in total. The van der Waals surface area contributed by atoms with Gasteiger partial charge in [-0.1, -0.05) is 43.8 Å². The quantitative estimate of drug-likeness (QED) is 0.173. The second-order valence-corrected chi connectivity index (χ2v) is 10.0. The third-order valence-corrected chi connectivity index (χ3v) is 6.79. The Kier molecular flexibility index (Phi) is 8.44. The molecule has 3 amide bonds. The van der Waals surface area contributed by atoms with Gasteiger partial charge in [-0.15, -0.1) is 0 Å². The summed E-state index contributed by atoms with van der Waals surface area (Å²) in [6.45, 7) is 10.7. The first-order chi connectivity index (χ1) is 14.9. The van der Waals surface area contributed by atoms with E-state index in [0.29, 0.717) is 6.42 Å². The number of carbonyl (C=O) groups excluding carboxylic acids is 3. The Morgan fingerprint density at radius 1 is 1.34 bits per heavy atom. The molecule has 0 spiro atoms. The summed E-state index contributed by atoms with van der Waals surface area (Å²) in [7, 11) is 3.62. The molecule has 32 heavy (non-hydrogen) atoms. The predicted octanol–water partition coefficient (Wildman–Crippen LogP) is 2.88. The number of hydrogen-bond donors (Lipinski definition) is 2. The summed E-state index contributed by atoms with van der Waals surface area (Å²) in [4.78, 5) is 42.1. The van der Waals surface area contributed by atoms with Crippen LogP contribution >= 0.6 is 10.7 Å². The van der Waals surface area contributed by atoms with E-state index in [1.54, 1.807) is 13.8 Å². The van der Waals surface area contributed by atoms with Crippen molar-refractivity contribution in [2.45, 2.75) is 63.8 Å². The van der Waals surface area contributed by atoms with Gasteiger partial charge in [-0.05, 0) is 49.0 Å². The number of nitrogens with zero attached hydrogens (tertiary/aromatic N) is 1. The molecular formula is C21H28ClN3O6S. The number of β-lactam (4-membered cyclic amide) rings is 1. The van der Waals surface area contributed by atoms with Crippen LogP contribution in [0.3, 0.4) is 0 Å². The predicted molar refractivity (Wildman–Crippen MR) is 120 cm³/mol. The van der Waals surface area contributed by atoms with Crippen LogP contribution in [0.15, 0.2) is 42.5 Å². The van der Waals surface area contributed by atoms with E-state index in [1.807, 2.05) is 37.3 Å². The summed E-state index contributed by atoms with van der Waals surface area (Å²) in [6.07, 6.45) is 0.158. The highest BCUT2D eigenvalue weighted by Gasteiger charge is 2.61. The molecule has 0 aromatic heterocycles. The fourth-order valence-electron chi connectivity index (χ4n) is 3.01. The van der Waals surface area contributed by atoms with Crippen molar-refractivity contribution in [1.82, 2.24) is 15.7 Å². The second-order valence-electron chi connectivity index (χ2n) is 8.06. The zero-order chi connectivity index (χ0) is 24.1. The first-order valence-corrected chi connectivity index (χ1v) is 11.9. The topological polar surface area (TPSA) is 114 Å².